The molecule has 0 aromatic heterocycles. The number of hydrogen-bond acceptors (Lipinski definition) is 3. The molecule has 5 nitrogen and oxygen atoms in total. The van der Waals surface area contributed by atoms with Crippen LogP contribution in [-0.4, -0.2) is 24.9 Å². The van der Waals surface area contributed by atoms with Gasteiger partial charge in [-0.15, -0.1) is 0 Å². The summed E-state index contributed by atoms with van der Waals surface area (Å²) in [4.78, 5) is 23.9. The Hall–Kier alpha value is -2.18. The van der Waals surface area contributed by atoms with Crippen molar-refractivity contribution >= 4 is 50.8 Å². The summed E-state index contributed by atoms with van der Waals surface area (Å²) in [5, 5.41) is 9.79. The third-order valence-electron chi connectivity index (χ3n) is 3.45. The number of nitrogens with two attached hydrogens (primary N) is 1. The number of amides is 2. The Morgan fingerprint density at radius 3 is 2.86 bits per heavy atom. The zero-order valence-electron chi connectivity index (χ0n) is 11.6. The third kappa shape index (κ3) is 2.63. The Morgan fingerprint density at radius 1 is 1.27 bits per heavy atom. The molecular weight excluding hydrogens is 346 g/mol. The van der Waals surface area contributed by atoms with E-state index in [1.54, 1.807) is 6.07 Å². The zero-order chi connectivity index (χ0) is 15.7. The normalized spacial score (nSPS) is 12.9. The van der Waals surface area contributed by atoms with Gasteiger partial charge in [0.05, 0.1) is 0 Å². The second-order valence-corrected chi connectivity index (χ2v) is 5.82. The molecule has 0 saturated carbocycles. The molecule has 1 heterocycles. The van der Waals surface area contributed by atoms with Crippen LogP contribution in [0.1, 0.15) is 10.4 Å². The molecule has 22 heavy (non-hydrogen) atoms. The molecule has 0 aliphatic carbocycles. The molecule has 0 atom stereocenters. The summed E-state index contributed by atoms with van der Waals surface area (Å²) in [6.07, 6.45) is 2.92. The van der Waals surface area contributed by atoms with Crippen LogP contribution < -0.4 is 26.8 Å². The van der Waals surface area contributed by atoms with E-state index in [0.717, 1.165) is 20.5 Å². The average Bonchev–Trinajstić information content (AvgIpc) is 2.51. The lowest BCUT2D eigenvalue weighted by Gasteiger charge is -2.10. The number of hydrogen-bond donors (Lipinski definition) is 2. The van der Waals surface area contributed by atoms with E-state index in [-0.39, 0.29) is 11.8 Å². The van der Waals surface area contributed by atoms with Gasteiger partial charge in [-0.3, -0.25) is 9.59 Å². The van der Waals surface area contributed by atoms with Crippen molar-refractivity contribution in [3.8, 4) is 0 Å². The number of nitrogens with one attached hydrogen (secondary N) is 1. The van der Waals surface area contributed by atoms with Crippen LogP contribution in [0.2, 0.25) is 0 Å². The monoisotopic (exact) mass is 358 g/mol. The zero-order valence-corrected chi connectivity index (χ0v) is 13.2. The lowest BCUT2D eigenvalue weighted by molar-refractivity contribution is -0.114. The largest absolute Gasteiger partial charge is 0.351 e. The molecule has 2 aromatic carbocycles. The molecule has 3 rings (SSSR count). The van der Waals surface area contributed by atoms with Gasteiger partial charge in [0.1, 0.15) is 0 Å². The van der Waals surface area contributed by atoms with Crippen molar-refractivity contribution in [2.24, 2.45) is 5.73 Å². The highest BCUT2D eigenvalue weighted by molar-refractivity contribution is 9.10. The van der Waals surface area contributed by atoms with Crippen LogP contribution in [0.5, 0.6) is 0 Å². The van der Waals surface area contributed by atoms with E-state index in [4.69, 9.17) is 5.73 Å². The number of benzene rings is 2. The van der Waals surface area contributed by atoms with E-state index in [0.29, 0.717) is 23.9 Å². The average molecular weight is 359 g/mol. The van der Waals surface area contributed by atoms with Crippen LogP contribution in [0.4, 0.5) is 0 Å². The van der Waals surface area contributed by atoms with Crippen LogP contribution in [0, 0.1) is 0 Å². The molecule has 1 radical (unpaired) electrons. The van der Waals surface area contributed by atoms with Crippen LogP contribution in [0.25, 0.3) is 23.0 Å². The van der Waals surface area contributed by atoms with Crippen molar-refractivity contribution in [2.45, 2.75) is 0 Å². The standard InChI is InChI=1S/C16H13BrN3O2/c17-10-2-1-9-5-13(16(22)19-4-3-18)12-7-15(21)20-8-14(12)11(9)6-10/h1-2,5-8H,3-4,18H2,(H,19,22). The molecule has 2 aromatic rings. The summed E-state index contributed by atoms with van der Waals surface area (Å²) < 4.78 is 0.924. The first-order valence-electron chi connectivity index (χ1n) is 6.77. The Kier molecular flexibility index (Phi) is 3.96. The SMILES string of the molecule is NCCNC(=O)c1cc2ccc(Br)cc2c2c1=CC(=O)[N]C=2. The molecule has 0 bridgehead atoms. The lowest BCUT2D eigenvalue weighted by atomic mass is 9.99. The van der Waals surface area contributed by atoms with Gasteiger partial charge in [-0.25, -0.2) is 5.32 Å². The second-order valence-electron chi connectivity index (χ2n) is 4.90. The topological polar surface area (TPSA) is 86.3 Å². The maximum absolute atomic E-state index is 12.3. The Bertz CT molecular complexity index is 906. The van der Waals surface area contributed by atoms with Gasteiger partial charge in [-0.05, 0) is 29.0 Å². The van der Waals surface area contributed by atoms with Crippen molar-refractivity contribution < 1.29 is 9.59 Å². The van der Waals surface area contributed by atoms with E-state index >= 15 is 0 Å². The first-order valence-corrected chi connectivity index (χ1v) is 7.57. The minimum atomic E-state index is -0.366. The lowest BCUT2D eigenvalue weighted by Crippen LogP contribution is -2.41. The van der Waals surface area contributed by atoms with Crippen molar-refractivity contribution in [3.05, 3.63) is 44.7 Å². The number of carbonyl (C=O) groups is 2. The minimum absolute atomic E-state index is 0.245. The molecule has 0 saturated heterocycles. The number of rotatable bonds is 3. The van der Waals surface area contributed by atoms with E-state index in [1.165, 1.54) is 12.3 Å². The van der Waals surface area contributed by atoms with Gasteiger partial charge < -0.3 is 11.1 Å². The molecule has 111 valence electrons. The second kappa shape index (κ2) is 5.90. The van der Waals surface area contributed by atoms with Gasteiger partial charge in [0.25, 0.3) is 11.8 Å². The van der Waals surface area contributed by atoms with Gasteiger partial charge in [0.2, 0.25) is 0 Å². The van der Waals surface area contributed by atoms with E-state index in [9.17, 15) is 9.59 Å². The summed E-state index contributed by atoms with van der Waals surface area (Å²) in [5.74, 6) is -0.611. The van der Waals surface area contributed by atoms with Crippen molar-refractivity contribution in [1.82, 2.24) is 10.6 Å². The molecule has 3 N–H and O–H groups in total. The summed E-state index contributed by atoms with van der Waals surface area (Å²) in [7, 11) is 0. The quantitative estimate of drug-likeness (QED) is 0.806. The maximum Gasteiger partial charge on any atom is 0.270 e. The molecule has 0 unspecified atom stereocenters. The third-order valence-corrected chi connectivity index (χ3v) is 3.94. The molecule has 2 amide bonds. The smallest absolute Gasteiger partial charge is 0.270 e. The van der Waals surface area contributed by atoms with Gasteiger partial charge >= 0.3 is 0 Å². The highest BCUT2D eigenvalue weighted by Gasteiger charge is 2.14. The highest BCUT2D eigenvalue weighted by Crippen LogP contribution is 2.17. The predicted molar refractivity (Wildman–Crippen MR) is 88.4 cm³/mol. The minimum Gasteiger partial charge on any atom is -0.351 e. The first-order chi connectivity index (χ1) is 10.6. The Balaban J connectivity index is 2.32. The fourth-order valence-corrected chi connectivity index (χ4v) is 2.82. The van der Waals surface area contributed by atoms with Crippen LogP contribution in [0.3, 0.4) is 0 Å². The van der Waals surface area contributed by atoms with Crippen LogP contribution in [-0.2, 0) is 4.79 Å². The van der Waals surface area contributed by atoms with Gasteiger partial charge in [0, 0.05) is 45.8 Å². The van der Waals surface area contributed by atoms with Crippen LogP contribution >= 0.6 is 15.9 Å². The van der Waals surface area contributed by atoms with E-state index in [1.807, 2.05) is 18.2 Å². The molecule has 1 aliphatic heterocycles. The van der Waals surface area contributed by atoms with E-state index in [2.05, 4.69) is 26.6 Å². The van der Waals surface area contributed by atoms with Gasteiger partial charge in [-0.2, -0.15) is 0 Å². The van der Waals surface area contributed by atoms with Crippen LogP contribution in [0.15, 0.2) is 28.7 Å². The van der Waals surface area contributed by atoms with Gasteiger partial charge in [-0.1, -0.05) is 22.0 Å². The van der Waals surface area contributed by atoms with Crippen molar-refractivity contribution in [1.29, 1.82) is 0 Å². The summed E-state index contributed by atoms with van der Waals surface area (Å²) >= 11 is 3.44. The molecule has 6 heteroatoms. The molecule has 0 spiro atoms. The maximum atomic E-state index is 12.3. The highest BCUT2D eigenvalue weighted by atomic mass is 79.9. The van der Waals surface area contributed by atoms with Gasteiger partial charge in [0.15, 0.2) is 0 Å². The summed E-state index contributed by atoms with van der Waals surface area (Å²) in [6, 6.07) is 7.57. The molecule has 1 aliphatic rings. The number of carbonyl (C=O) groups excluding carboxylic acids is 2. The van der Waals surface area contributed by atoms with Crippen molar-refractivity contribution in [2.75, 3.05) is 13.1 Å². The fourth-order valence-electron chi connectivity index (χ4n) is 2.46. The van der Waals surface area contributed by atoms with E-state index < -0.39 is 0 Å². The summed E-state index contributed by atoms with van der Waals surface area (Å²) in [5.41, 5.74) is 5.88. The Morgan fingerprint density at radius 2 is 2.09 bits per heavy atom. The molecular formula is C16H13BrN3O2. The predicted octanol–water partition coefficient (Wildman–Crippen LogP) is -0.0461. The first kappa shape index (κ1) is 14.7. The van der Waals surface area contributed by atoms with Crippen molar-refractivity contribution in [3.63, 3.8) is 0 Å². The number of fused-ring (bicyclic) bond motifs is 3. The molecule has 0 fully saturated rings. The number of halogens is 1. The summed E-state index contributed by atoms with van der Waals surface area (Å²) in [6.45, 7) is 0.743. The number of nitrogens with zero attached hydrogens (tertiary/aromatic N) is 1. The fraction of sp³-hybridized carbons (Fsp3) is 0.125. The Labute approximate surface area is 135 Å².